The van der Waals surface area contributed by atoms with Gasteiger partial charge in [0, 0.05) is 12.0 Å². The van der Waals surface area contributed by atoms with Crippen LogP contribution in [-0.2, 0) is 9.53 Å². The van der Waals surface area contributed by atoms with E-state index < -0.39 is 0 Å². The molecule has 0 aliphatic carbocycles. The van der Waals surface area contributed by atoms with Crippen molar-refractivity contribution in [3.63, 3.8) is 0 Å². The normalized spacial score (nSPS) is 10.2. The average molecular weight is 314 g/mol. The van der Waals surface area contributed by atoms with E-state index in [4.69, 9.17) is 4.74 Å². The summed E-state index contributed by atoms with van der Waals surface area (Å²) in [6.07, 6.45) is 2.50. The van der Waals surface area contributed by atoms with E-state index >= 15 is 0 Å². The summed E-state index contributed by atoms with van der Waals surface area (Å²) in [6, 6.07) is 0. The van der Waals surface area contributed by atoms with Crippen LogP contribution in [0.3, 0.4) is 0 Å². The van der Waals surface area contributed by atoms with E-state index in [0.29, 0.717) is 18.6 Å². The Kier molecular flexibility index (Phi) is 7.66. The maximum absolute atomic E-state index is 11.2. The third-order valence-corrected chi connectivity index (χ3v) is 2.07. The number of hydrogen-bond acceptors (Lipinski definition) is 2. The van der Waals surface area contributed by atoms with Crippen molar-refractivity contribution in [2.24, 2.45) is 0 Å². The Bertz CT molecular complexity index is 178. The summed E-state index contributed by atoms with van der Waals surface area (Å²) in [5.74, 6) is -0.294. The van der Waals surface area contributed by atoms with Gasteiger partial charge in [0.2, 0.25) is 0 Å². The lowest BCUT2D eigenvalue weighted by Gasteiger charge is -2.06. The summed E-state index contributed by atoms with van der Waals surface area (Å²) in [6.45, 7) is 6.18. The summed E-state index contributed by atoms with van der Waals surface area (Å²) in [4.78, 5) is 11.2. The maximum Gasteiger partial charge on any atom is 0.333 e. The molecule has 0 atom stereocenters. The van der Waals surface area contributed by atoms with Crippen LogP contribution in [0, 0.1) is 0 Å². The lowest BCUT2D eigenvalue weighted by Crippen LogP contribution is -2.09. The summed E-state index contributed by atoms with van der Waals surface area (Å²) in [7, 11) is 0. The van der Waals surface area contributed by atoms with Crippen LogP contribution in [0.2, 0.25) is 0 Å². The fourth-order valence-corrected chi connectivity index (χ4v) is 1.46. The van der Waals surface area contributed by atoms with Gasteiger partial charge < -0.3 is 4.74 Å². The molecule has 0 amide bonds. The minimum absolute atomic E-state index is 0.0891. The van der Waals surface area contributed by atoms with Crippen LogP contribution in [0.25, 0.3) is 0 Å². The first kappa shape index (κ1) is 13.2. The molecule has 0 aromatic rings. The van der Waals surface area contributed by atoms with E-state index in [2.05, 4.69) is 45.4 Å². The minimum Gasteiger partial charge on any atom is -0.462 e. The van der Waals surface area contributed by atoms with Gasteiger partial charge in [0.1, 0.15) is 0 Å². The van der Waals surface area contributed by atoms with Crippen LogP contribution in [0.5, 0.6) is 0 Å². The molecule has 0 radical (unpaired) electrons. The lowest BCUT2D eigenvalue weighted by atomic mass is 10.2. The number of esters is 1. The number of alkyl halides is 2. The molecule has 0 N–H and O–H groups in total. The summed E-state index contributed by atoms with van der Waals surface area (Å²) < 4.78 is 5.05. The first-order chi connectivity index (χ1) is 6.07. The van der Waals surface area contributed by atoms with Crippen LogP contribution >= 0.6 is 31.9 Å². The SMILES string of the molecule is C=C(CC(Br)Br)C(=O)OCCCC. The highest BCUT2D eigenvalue weighted by Crippen LogP contribution is 2.18. The predicted octanol–water partition coefficient (Wildman–Crippen LogP) is 3.39. The van der Waals surface area contributed by atoms with Gasteiger partial charge in [0.25, 0.3) is 0 Å². The van der Waals surface area contributed by atoms with E-state index in [0.717, 1.165) is 12.8 Å². The first-order valence-corrected chi connectivity index (χ1v) is 6.04. The predicted molar refractivity (Wildman–Crippen MR) is 61.3 cm³/mol. The molecule has 0 aromatic heterocycles. The molecule has 0 aliphatic heterocycles. The number of halogens is 2. The molecule has 0 saturated carbocycles. The van der Waals surface area contributed by atoms with Crippen molar-refractivity contribution < 1.29 is 9.53 Å². The van der Waals surface area contributed by atoms with Gasteiger partial charge in [-0.25, -0.2) is 4.79 Å². The number of carbonyl (C=O) groups excluding carboxylic acids is 1. The smallest absolute Gasteiger partial charge is 0.333 e. The molecule has 0 aromatic carbocycles. The maximum atomic E-state index is 11.2. The van der Waals surface area contributed by atoms with E-state index in [1.165, 1.54) is 0 Å². The molecule has 0 unspecified atom stereocenters. The molecule has 13 heavy (non-hydrogen) atoms. The van der Waals surface area contributed by atoms with Crippen LogP contribution < -0.4 is 0 Å². The van der Waals surface area contributed by atoms with Gasteiger partial charge in [0.15, 0.2) is 0 Å². The van der Waals surface area contributed by atoms with Crippen molar-refractivity contribution >= 4 is 37.8 Å². The summed E-state index contributed by atoms with van der Waals surface area (Å²) in [5, 5.41) is 0. The second-order valence-corrected chi connectivity index (χ2v) is 6.13. The fourth-order valence-electron chi connectivity index (χ4n) is 0.681. The van der Waals surface area contributed by atoms with Gasteiger partial charge in [-0.2, -0.15) is 0 Å². The number of ether oxygens (including phenoxy) is 1. The van der Waals surface area contributed by atoms with Crippen molar-refractivity contribution in [1.29, 1.82) is 0 Å². The molecule has 2 nitrogen and oxygen atoms in total. The molecule has 0 aliphatic rings. The molecule has 0 rings (SSSR count). The van der Waals surface area contributed by atoms with Crippen molar-refractivity contribution in [1.82, 2.24) is 0 Å². The zero-order valence-electron chi connectivity index (χ0n) is 7.69. The molecule has 0 bridgehead atoms. The molecular formula is C9H14Br2O2. The lowest BCUT2D eigenvalue weighted by molar-refractivity contribution is -0.139. The van der Waals surface area contributed by atoms with E-state index in [1.54, 1.807) is 0 Å². The molecule has 0 fully saturated rings. The van der Waals surface area contributed by atoms with E-state index in [9.17, 15) is 4.79 Å². The molecule has 0 saturated heterocycles. The fraction of sp³-hybridized carbons (Fsp3) is 0.667. The quantitative estimate of drug-likeness (QED) is 0.325. The van der Waals surface area contributed by atoms with Crippen molar-refractivity contribution in [2.75, 3.05) is 6.61 Å². The summed E-state index contributed by atoms with van der Waals surface area (Å²) >= 11 is 6.55. The Balaban J connectivity index is 3.64. The van der Waals surface area contributed by atoms with Gasteiger partial charge in [-0.05, 0) is 6.42 Å². The highest BCUT2D eigenvalue weighted by atomic mass is 79.9. The van der Waals surface area contributed by atoms with Gasteiger partial charge in [-0.3, -0.25) is 0 Å². The van der Waals surface area contributed by atoms with Gasteiger partial charge in [-0.15, -0.1) is 0 Å². The van der Waals surface area contributed by atoms with Crippen LogP contribution in [0.4, 0.5) is 0 Å². The van der Waals surface area contributed by atoms with Crippen molar-refractivity contribution in [2.45, 2.75) is 29.9 Å². The minimum atomic E-state index is -0.294. The third kappa shape index (κ3) is 7.26. The number of rotatable bonds is 6. The topological polar surface area (TPSA) is 26.3 Å². The highest BCUT2D eigenvalue weighted by Gasteiger charge is 2.10. The molecule has 76 valence electrons. The first-order valence-electron chi connectivity index (χ1n) is 4.21. The number of unbranched alkanes of at least 4 members (excludes halogenated alkanes) is 1. The molecule has 0 spiro atoms. The Hall–Kier alpha value is 0.170. The second kappa shape index (κ2) is 7.56. The highest BCUT2D eigenvalue weighted by molar-refractivity contribution is 9.24. The van der Waals surface area contributed by atoms with Crippen LogP contribution in [0.15, 0.2) is 12.2 Å². The zero-order chi connectivity index (χ0) is 10.3. The van der Waals surface area contributed by atoms with E-state index in [1.807, 2.05) is 0 Å². The van der Waals surface area contributed by atoms with Gasteiger partial charge in [0.05, 0.1) is 10.3 Å². The van der Waals surface area contributed by atoms with Gasteiger partial charge >= 0.3 is 5.97 Å². The largest absolute Gasteiger partial charge is 0.462 e. The van der Waals surface area contributed by atoms with Gasteiger partial charge in [-0.1, -0.05) is 51.8 Å². The van der Waals surface area contributed by atoms with Crippen LogP contribution in [0.1, 0.15) is 26.2 Å². The molecule has 4 heteroatoms. The second-order valence-electron chi connectivity index (χ2n) is 2.69. The van der Waals surface area contributed by atoms with E-state index in [-0.39, 0.29) is 9.71 Å². The summed E-state index contributed by atoms with van der Waals surface area (Å²) in [5.41, 5.74) is 0.495. The standard InChI is InChI=1S/C9H14Br2O2/c1-3-4-5-13-9(12)7(2)6-8(10)11/h8H,2-6H2,1H3. The third-order valence-electron chi connectivity index (χ3n) is 1.42. The Labute approximate surface area is 96.0 Å². The monoisotopic (exact) mass is 312 g/mol. The Morgan fingerprint density at radius 2 is 2.15 bits per heavy atom. The van der Waals surface area contributed by atoms with Crippen molar-refractivity contribution in [3.05, 3.63) is 12.2 Å². The number of carbonyl (C=O) groups is 1. The van der Waals surface area contributed by atoms with Crippen LogP contribution in [-0.4, -0.2) is 16.3 Å². The molecule has 0 heterocycles. The Morgan fingerprint density at radius 3 is 2.62 bits per heavy atom. The average Bonchev–Trinajstić information content (AvgIpc) is 2.03. The Morgan fingerprint density at radius 1 is 1.54 bits per heavy atom. The molecular weight excluding hydrogens is 300 g/mol. The zero-order valence-corrected chi connectivity index (χ0v) is 10.9. The number of hydrogen-bond donors (Lipinski definition) is 0. The van der Waals surface area contributed by atoms with Crippen molar-refractivity contribution in [3.8, 4) is 0 Å².